The number of benzene rings is 2. The van der Waals surface area contributed by atoms with Crippen LogP contribution in [-0.4, -0.2) is 45.4 Å². The number of amides is 1. The summed E-state index contributed by atoms with van der Waals surface area (Å²) in [6, 6.07) is 14.9. The molecule has 2 aromatic carbocycles. The van der Waals surface area contributed by atoms with E-state index in [0.717, 1.165) is 5.56 Å². The minimum absolute atomic E-state index is 0.0898. The molecule has 0 unspecified atom stereocenters. The van der Waals surface area contributed by atoms with Gasteiger partial charge in [-0.25, -0.2) is 27.8 Å². The Morgan fingerprint density at radius 3 is 2.26 bits per heavy atom. The molecule has 0 atom stereocenters. The van der Waals surface area contributed by atoms with E-state index in [2.05, 4.69) is 25.1 Å². The summed E-state index contributed by atoms with van der Waals surface area (Å²) in [5.41, 5.74) is 8.35. The number of hydrogen-bond donors (Lipinski definition) is 4. The third kappa shape index (κ3) is 6.10. The summed E-state index contributed by atoms with van der Waals surface area (Å²) in [6.45, 7) is 7.09. The molecule has 0 saturated carbocycles. The highest BCUT2D eigenvalue weighted by atomic mass is 32.2. The molecule has 11 nitrogen and oxygen atoms in total. The van der Waals surface area contributed by atoms with Crippen LogP contribution in [0.3, 0.4) is 0 Å². The molecule has 0 spiro atoms. The van der Waals surface area contributed by atoms with Gasteiger partial charge in [0.2, 0.25) is 16.0 Å². The number of anilines is 1. The Morgan fingerprint density at radius 2 is 1.66 bits per heavy atom. The van der Waals surface area contributed by atoms with Gasteiger partial charge in [-0.2, -0.15) is 5.10 Å². The lowest BCUT2D eigenvalue weighted by molar-refractivity contribution is 0.101. The predicted octanol–water partition coefficient (Wildman–Crippen LogP) is 3.25. The number of carbonyl (C=O) groups excluding carboxylic acids is 1. The van der Waals surface area contributed by atoms with Gasteiger partial charge in [0, 0.05) is 29.1 Å². The van der Waals surface area contributed by atoms with E-state index in [1.54, 1.807) is 82.6 Å². The fourth-order valence-electron chi connectivity index (χ4n) is 3.66. The lowest BCUT2D eigenvalue weighted by Gasteiger charge is -2.20. The third-order valence-electron chi connectivity index (χ3n) is 5.28. The van der Waals surface area contributed by atoms with Crippen molar-refractivity contribution in [2.75, 3.05) is 5.32 Å². The van der Waals surface area contributed by atoms with Crippen molar-refractivity contribution in [2.45, 2.75) is 38.1 Å². The SMILES string of the molecule is Cc1cc(C(=O)Nc2ncc(-c3ccc(S(=O)(=O)NC(C)(C)C)cc3)cn2)n(-c2cccc(C(=N)N)c2)n1. The van der Waals surface area contributed by atoms with E-state index in [1.807, 2.05) is 0 Å². The van der Waals surface area contributed by atoms with Gasteiger partial charge in [0.1, 0.15) is 11.5 Å². The average molecular weight is 533 g/mol. The van der Waals surface area contributed by atoms with Crippen LogP contribution < -0.4 is 15.8 Å². The lowest BCUT2D eigenvalue weighted by atomic mass is 10.1. The zero-order valence-electron chi connectivity index (χ0n) is 21.4. The van der Waals surface area contributed by atoms with Crippen LogP contribution in [0, 0.1) is 12.3 Å². The molecule has 0 fully saturated rings. The fraction of sp³-hybridized carbons (Fsp3) is 0.192. The number of aryl methyl sites for hydroxylation is 1. The molecular formula is C26H28N8O3S. The molecule has 4 rings (SSSR count). The van der Waals surface area contributed by atoms with Gasteiger partial charge in [0.25, 0.3) is 5.91 Å². The highest BCUT2D eigenvalue weighted by Crippen LogP contribution is 2.22. The second-order valence-electron chi connectivity index (χ2n) is 9.68. The molecule has 0 aliphatic rings. The van der Waals surface area contributed by atoms with Gasteiger partial charge in [-0.05, 0) is 63.6 Å². The molecule has 0 saturated heterocycles. The highest BCUT2D eigenvalue weighted by molar-refractivity contribution is 7.89. The Hall–Kier alpha value is -4.42. The number of sulfonamides is 1. The van der Waals surface area contributed by atoms with Crippen LogP contribution in [0.5, 0.6) is 0 Å². The van der Waals surface area contributed by atoms with Crippen LogP contribution >= 0.6 is 0 Å². The summed E-state index contributed by atoms with van der Waals surface area (Å²) in [6.07, 6.45) is 3.08. The van der Waals surface area contributed by atoms with Gasteiger partial charge >= 0.3 is 0 Å². The first-order valence-corrected chi connectivity index (χ1v) is 13.1. The Bertz CT molecular complexity index is 1600. The lowest BCUT2D eigenvalue weighted by Crippen LogP contribution is -2.40. The normalized spacial score (nSPS) is 11.8. The number of hydrogen-bond acceptors (Lipinski definition) is 7. The number of nitrogen functional groups attached to an aromatic ring is 1. The van der Waals surface area contributed by atoms with Crippen molar-refractivity contribution in [1.29, 1.82) is 5.41 Å². The fourth-order valence-corrected chi connectivity index (χ4v) is 5.08. The number of amidine groups is 1. The topological polar surface area (TPSA) is 169 Å². The molecule has 4 aromatic rings. The minimum Gasteiger partial charge on any atom is -0.384 e. The van der Waals surface area contributed by atoms with Crippen LogP contribution in [0.15, 0.2) is 71.9 Å². The summed E-state index contributed by atoms with van der Waals surface area (Å²) in [5, 5.41) is 14.7. The molecule has 2 aromatic heterocycles. The zero-order valence-corrected chi connectivity index (χ0v) is 22.2. The maximum Gasteiger partial charge on any atom is 0.276 e. The van der Waals surface area contributed by atoms with Crippen LogP contribution in [0.1, 0.15) is 42.5 Å². The number of carbonyl (C=O) groups is 1. The van der Waals surface area contributed by atoms with Gasteiger partial charge in [-0.3, -0.25) is 15.5 Å². The van der Waals surface area contributed by atoms with E-state index < -0.39 is 21.5 Å². The Morgan fingerprint density at radius 1 is 1.00 bits per heavy atom. The molecule has 12 heteroatoms. The first-order valence-electron chi connectivity index (χ1n) is 11.6. The zero-order chi connectivity index (χ0) is 27.7. The molecule has 196 valence electrons. The first-order chi connectivity index (χ1) is 17.8. The van der Waals surface area contributed by atoms with Crippen molar-refractivity contribution in [2.24, 2.45) is 5.73 Å². The predicted molar refractivity (Wildman–Crippen MR) is 145 cm³/mol. The number of aromatic nitrogens is 4. The molecule has 2 heterocycles. The standard InChI is InChI=1S/C26H28N8O3S/c1-16-12-22(34(32-16)20-7-5-6-18(13-20)23(27)28)24(35)31-25-29-14-19(15-30-25)17-8-10-21(11-9-17)38(36,37)33-26(2,3)4/h5-15,33H,1-4H3,(H3,27,28)(H,29,30,31,35). The van der Waals surface area contributed by atoms with E-state index >= 15 is 0 Å². The van der Waals surface area contributed by atoms with Crippen molar-refractivity contribution in [3.8, 4) is 16.8 Å². The molecule has 0 aliphatic heterocycles. The Kier molecular flexibility index (Phi) is 7.11. The van der Waals surface area contributed by atoms with Crippen LogP contribution in [0.4, 0.5) is 5.95 Å². The second-order valence-corrected chi connectivity index (χ2v) is 11.4. The van der Waals surface area contributed by atoms with Crippen molar-refractivity contribution in [1.82, 2.24) is 24.5 Å². The van der Waals surface area contributed by atoms with E-state index in [4.69, 9.17) is 11.1 Å². The number of nitrogens with two attached hydrogens (primary N) is 1. The minimum atomic E-state index is -3.64. The van der Waals surface area contributed by atoms with Crippen LogP contribution in [0.2, 0.25) is 0 Å². The first kappa shape index (κ1) is 26.6. The Balaban J connectivity index is 1.51. The van der Waals surface area contributed by atoms with Crippen LogP contribution in [-0.2, 0) is 10.0 Å². The van der Waals surface area contributed by atoms with E-state index in [0.29, 0.717) is 22.5 Å². The highest BCUT2D eigenvalue weighted by Gasteiger charge is 2.22. The second kappa shape index (κ2) is 10.1. The van der Waals surface area contributed by atoms with Gasteiger partial charge in [0.15, 0.2) is 0 Å². The third-order valence-corrected chi connectivity index (χ3v) is 7.06. The summed E-state index contributed by atoms with van der Waals surface area (Å²) in [7, 11) is -3.64. The van der Waals surface area contributed by atoms with Crippen molar-refractivity contribution >= 4 is 27.7 Å². The van der Waals surface area contributed by atoms with Crippen molar-refractivity contribution in [3.05, 3.63) is 83.9 Å². The molecular weight excluding hydrogens is 504 g/mol. The van der Waals surface area contributed by atoms with E-state index in [-0.39, 0.29) is 22.4 Å². The molecule has 0 bridgehead atoms. The molecule has 38 heavy (non-hydrogen) atoms. The Labute approximate surface area is 220 Å². The smallest absolute Gasteiger partial charge is 0.276 e. The van der Waals surface area contributed by atoms with Gasteiger partial charge in [-0.15, -0.1) is 0 Å². The summed E-state index contributed by atoms with van der Waals surface area (Å²) < 4.78 is 29.1. The van der Waals surface area contributed by atoms with Crippen LogP contribution in [0.25, 0.3) is 16.8 Å². The molecule has 5 N–H and O–H groups in total. The quantitative estimate of drug-likeness (QED) is 0.209. The summed E-state index contributed by atoms with van der Waals surface area (Å²) in [4.78, 5) is 21.7. The molecule has 0 aliphatic carbocycles. The monoisotopic (exact) mass is 532 g/mol. The van der Waals surface area contributed by atoms with Crippen molar-refractivity contribution in [3.63, 3.8) is 0 Å². The summed E-state index contributed by atoms with van der Waals surface area (Å²) >= 11 is 0. The van der Waals surface area contributed by atoms with Gasteiger partial charge in [-0.1, -0.05) is 24.3 Å². The van der Waals surface area contributed by atoms with E-state index in [1.165, 1.54) is 16.8 Å². The largest absolute Gasteiger partial charge is 0.384 e. The van der Waals surface area contributed by atoms with Gasteiger partial charge < -0.3 is 5.73 Å². The maximum absolute atomic E-state index is 13.0. The maximum atomic E-state index is 13.0. The van der Waals surface area contributed by atoms with Crippen molar-refractivity contribution < 1.29 is 13.2 Å². The number of rotatable bonds is 7. The summed E-state index contributed by atoms with van der Waals surface area (Å²) in [5.74, 6) is -0.462. The van der Waals surface area contributed by atoms with E-state index in [9.17, 15) is 13.2 Å². The average Bonchev–Trinajstić information content (AvgIpc) is 3.25. The molecule has 1 amide bonds. The number of nitrogens with one attached hydrogen (secondary N) is 3. The molecule has 0 radical (unpaired) electrons. The van der Waals surface area contributed by atoms with Gasteiger partial charge in [0.05, 0.1) is 16.3 Å². The number of nitrogens with zero attached hydrogens (tertiary/aromatic N) is 4.